The molecule has 11 aromatic rings. The van der Waals surface area contributed by atoms with Crippen molar-refractivity contribution in [1.82, 2.24) is 0 Å². The lowest BCUT2D eigenvalue weighted by molar-refractivity contribution is 0.670. The highest BCUT2D eigenvalue weighted by Crippen LogP contribution is 2.45. The normalized spacial score (nSPS) is 16.0. The van der Waals surface area contributed by atoms with Crippen LogP contribution in [-0.4, -0.2) is 0 Å². The standard InChI is InChI=1S/C50H30O/c1-2-12-34-28-36(24-21-31(34)10-1)47-41-14-5-7-16-43(41)48(44-17-8-6-15-42(44)47)37-25-22-32-20-23-35(29-38(32)30-37)40-18-9-19-45-49-39-13-4-3-11-33(39)26-27-46(49)51-50(40)45/h1-30H/i1D,2D,5D,6D,7D,8D,10D,12D,14D,15D,16D,17D,21D,24D,28D. The van der Waals surface area contributed by atoms with Crippen molar-refractivity contribution in [2.75, 3.05) is 0 Å². The highest BCUT2D eigenvalue weighted by atomic mass is 16.3. The molecule has 0 spiro atoms. The molecule has 0 radical (unpaired) electrons. The number of hydrogen-bond acceptors (Lipinski definition) is 1. The Kier molecular flexibility index (Phi) is 3.70. The van der Waals surface area contributed by atoms with E-state index in [1.807, 2.05) is 60.7 Å². The second-order valence-corrected chi connectivity index (χ2v) is 12.5. The van der Waals surface area contributed by atoms with Gasteiger partial charge < -0.3 is 4.42 Å². The van der Waals surface area contributed by atoms with Crippen LogP contribution in [0.2, 0.25) is 0 Å². The molecular formula is C50H30O. The molecule has 0 saturated heterocycles. The zero-order valence-electron chi connectivity index (χ0n) is 41.6. The van der Waals surface area contributed by atoms with E-state index in [0.29, 0.717) is 16.5 Å². The topological polar surface area (TPSA) is 13.1 Å². The van der Waals surface area contributed by atoms with Crippen LogP contribution in [0.5, 0.6) is 0 Å². The van der Waals surface area contributed by atoms with Crippen molar-refractivity contribution >= 4 is 75.8 Å². The molecule has 51 heavy (non-hydrogen) atoms. The number of rotatable bonds is 3. The average Bonchev–Trinajstić information content (AvgIpc) is 3.72. The number of para-hydroxylation sites is 1. The third-order valence-electron chi connectivity index (χ3n) is 9.70. The van der Waals surface area contributed by atoms with E-state index >= 15 is 0 Å². The van der Waals surface area contributed by atoms with Gasteiger partial charge in [-0.05, 0) is 106 Å². The van der Waals surface area contributed by atoms with Gasteiger partial charge in [0.15, 0.2) is 0 Å². The lowest BCUT2D eigenvalue weighted by Gasteiger charge is -2.18. The Bertz CT molecular complexity index is 3980. The van der Waals surface area contributed by atoms with Gasteiger partial charge in [0.05, 0.1) is 20.6 Å². The minimum Gasteiger partial charge on any atom is -0.455 e. The fourth-order valence-electron chi connectivity index (χ4n) is 7.44. The first-order valence-corrected chi connectivity index (χ1v) is 16.4. The van der Waals surface area contributed by atoms with Crippen LogP contribution in [0.25, 0.3) is 109 Å². The Morgan fingerprint density at radius 2 is 1.02 bits per heavy atom. The Hall–Kier alpha value is -6.70. The molecule has 236 valence electrons. The summed E-state index contributed by atoms with van der Waals surface area (Å²) in [6, 6.07) is 19.2. The van der Waals surface area contributed by atoms with Crippen molar-refractivity contribution in [2.24, 2.45) is 0 Å². The highest BCUT2D eigenvalue weighted by molar-refractivity contribution is 6.23. The molecule has 1 nitrogen and oxygen atoms in total. The lowest BCUT2D eigenvalue weighted by atomic mass is 9.85. The summed E-state index contributed by atoms with van der Waals surface area (Å²) in [5.74, 6) is 0. The number of furan rings is 1. The molecule has 0 bridgehead atoms. The van der Waals surface area contributed by atoms with Crippen LogP contribution >= 0.6 is 0 Å². The van der Waals surface area contributed by atoms with E-state index < -0.39 is 107 Å². The molecule has 0 fully saturated rings. The Morgan fingerprint density at radius 3 is 1.80 bits per heavy atom. The average molecular weight is 662 g/mol. The monoisotopic (exact) mass is 661 g/mol. The van der Waals surface area contributed by atoms with Gasteiger partial charge in [0.1, 0.15) is 11.2 Å². The number of hydrogen-bond donors (Lipinski definition) is 0. The second-order valence-electron chi connectivity index (χ2n) is 12.5. The first kappa shape index (κ1) is 17.3. The van der Waals surface area contributed by atoms with E-state index in [1.54, 1.807) is 18.2 Å². The summed E-state index contributed by atoms with van der Waals surface area (Å²) in [7, 11) is 0. The maximum absolute atomic E-state index is 9.48. The molecule has 0 unspecified atom stereocenters. The third kappa shape index (κ3) is 4.28. The number of fused-ring (bicyclic) bond motifs is 9. The van der Waals surface area contributed by atoms with E-state index in [9.17, 15) is 8.22 Å². The van der Waals surface area contributed by atoms with Gasteiger partial charge in [-0.2, -0.15) is 0 Å². The van der Waals surface area contributed by atoms with Gasteiger partial charge in [0.25, 0.3) is 0 Å². The fourth-order valence-corrected chi connectivity index (χ4v) is 7.44. The molecule has 0 aliphatic heterocycles. The van der Waals surface area contributed by atoms with E-state index in [4.69, 9.17) is 16.8 Å². The fraction of sp³-hybridized carbons (Fsp3) is 0. The molecule has 0 aliphatic carbocycles. The smallest absolute Gasteiger partial charge is 0.143 e. The van der Waals surface area contributed by atoms with Crippen molar-refractivity contribution in [3.05, 3.63) is 182 Å². The Labute approximate surface area is 315 Å². The molecular weight excluding hydrogens is 617 g/mol. The summed E-state index contributed by atoms with van der Waals surface area (Å²) in [6.07, 6.45) is 0. The van der Waals surface area contributed by atoms with Crippen LogP contribution in [-0.2, 0) is 0 Å². The van der Waals surface area contributed by atoms with E-state index in [0.717, 1.165) is 43.6 Å². The first-order chi connectivity index (χ1) is 31.5. The van der Waals surface area contributed by atoms with Crippen LogP contribution in [0.15, 0.2) is 186 Å². The maximum atomic E-state index is 9.48. The van der Waals surface area contributed by atoms with E-state index in [1.165, 1.54) is 0 Å². The summed E-state index contributed by atoms with van der Waals surface area (Å²) in [4.78, 5) is 0. The van der Waals surface area contributed by atoms with Crippen LogP contribution in [0.4, 0.5) is 0 Å². The predicted octanol–water partition coefficient (Wildman–Crippen LogP) is 14.4. The molecule has 1 aromatic heterocycles. The van der Waals surface area contributed by atoms with Gasteiger partial charge in [-0.1, -0.05) is 157 Å². The molecule has 1 heteroatoms. The molecule has 0 amide bonds. The van der Waals surface area contributed by atoms with Crippen LogP contribution in [0, 0.1) is 0 Å². The van der Waals surface area contributed by atoms with Gasteiger partial charge in [0.2, 0.25) is 0 Å². The molecule has 0 N–H and O–H groups in total. The van der Waals surface area contributed by atoms with Gasteiger partial charge >= 0.3 is 0 Å². The van der Waals surface area contributed by atoms with Gasteiger partial charge in [-0.15, -0.1) is 0 Å². The SMILES string of the molecule is [2H]c1c([2H])c([2H])c2c([2H])c(-c3c4c([2H])c([2H])c([2H])c([2H])c4c(-c4ccc5ccc(-c6cccc7c6oc6ccc8ccccc8c67)cc5c4)c4c([2H])c([2H])c([2H])c([2H])c34)c([2H])c([2H])c2c1[2H]. The molecule has 1 heterocycles. The second kappa shape index (κ2) is 10.9. The Morgan fingerprint density at radius 1 is 0.392 bits per heavy atom. The van der Waals surface area contributed by atoms with Crippen LogP contribution < -0.4 is 0 Å². The van der Waals surface area contributed by atoms with Crippen LogP contribution in [0.1, 0.15) is 20.6 Å². The third-order valence-corrected chi connectivity index (χ3v) is 9.70. The van der Waals surface area contributed by atoms with Crippen molar-refractivity contribution < 1.29 is 25.0 Å². The zero-order valence-corrected chi connectivity index (χ0v) is 26.6. The quantitative estimate of drug-likeness (QED) is 0.172. The van der Waals surface area contributed by atoms with Crippen molar-refractivity contribution in [3.8, 4) is 33.4 Å². The maximum Gasteiger partial charge on any atom is 0.143 e. The summed E-state index contributed by atoms with van der Waals surface area (Å²) in [5, 5.41) is 3.75. The van der Waals surface area contributed by atoms with E-state index in [-0.39, 0.29) is 32.7 Å². The number of benzene rings is 10. The molecule has 0 saturated carbocycles. The molecule has 0 aliphatic rings. The lowest BCUT2D eigenvalue weighted by Crippen LogP contribution is -1.91. The zero-order chi connectivity index (χ0) is 46.5. The summed E-state index contributed by atoms with van der Waals surface area (Å²) in [6.45, 7) is 0. The largest absolute Gasteiger partial charge is 0.455 e. The minimum atomic E-state index is -0.737. The summed E-state index contributed by atoms with van der Waals surface area (Å²) in [5.41, 5.74) is 2.53. The van der Waals surface area contributed by atoms with E-state index in [2.05, 4.69) is 12.1 Å². The van der Waals surface area contributed by atoms with Gasteiger partial charge in [-0.25, -0.2) is 0 Å². The minimum absolute atomic E-state index is 0.0354. The van der Waals surface area contributed by atoms with Crippen molar-refractivity contribution in [1.29, 1.82) is 0 Å². The molecule has 10 aromatic carbocycles. The summed E-state index contributed by atoms with van der Waals surface area (Å²) >= 11 is 0. The molecule has 11 rings (SSSR count). The summed E-state index contributed by atoms with van der Waals surface area (Å²) < 4.78 is 141. The first-order valence-electron chi connectivity index (χ1n) is 23.9. The Balaban J connectivity index is 1.26. The van der Waals surface area contributed by atoms with Gasteiger partial charge in [-0.3, -0.25) is 0 Å². The van der Waals surface area contributed by atoms with Gasteiger partial charge in [0, 0.05) is 16.3 Å². The predicted molar refractivity (Wildman–Crippen MR) is 218 cm³/mol. The van der Waals surface area contributed by atoms with Crippen molar-refractivity contribution in [2.45, 2.75) is 0 Å². The molecule has 0 atom stereocenters. The van der Waals surface area contributed by atoms with Crippen LogP contribution in [0.3, 0.4) is 0 Å². The van der Waals surface area contributed by atoms with Crippen molar-refractivity contribution in [3.63, 3.8) is 0 Å². The highest BCUT2D eigenvalue weighted by Gasteiger charge is 2.18.